The van der Waals surface area contributed by atoms with Crippen LogP contribution in [0.15, 0.2) is 12.4 Å². The van der Waals surface area contributed by atoms with Crippen molar-refractivity contribution in [3.05, 3.63) is 18.0 Å². The standard InChI is InChI=1S/C16H28N4O2S/c1-12(2)23(21,22)19-14-6-8-20(9-7-14)15-17-10-13(11-18-15)16(3,4)5/h10-12,14,19H,6-9H2,1-5H3. The molecule has 23 heavy (non-hydrogen) atoms. The van der Waals surface area contributed by atoms with Crippen molar-refractivity contribution in [3.8, 4) is 0 Å². The van der Waals surface area contributed by atoms with Gasteiger partial charge < -0.3 is 4.90 Å². The van der Waals surface area contributed by atoms with Crippen LogP contribution < -0.4 is 9.62 Å². The molecule has 0 radical (unpaired) electrons. The maximum Gasteiger partial charge on any atom is 0.225 e. The molecule has 1 aliphatic rings. The first kappa shape index (κ1) is 18.1. The third-order valence-electron chi connectivity index (χ3n) is 4.23. The second-order valence-corrected chi connectivity index (χ2v) is 9.76. The third kappa shape index (κ3) is 4.64. The number of nitrogens with one attached hydrogen (secondary N) is 1. The van der Waals surface area contributed by atoms with Crippen LogP contribution >= 0.6 is 0 Å². The Labute approximate surface area is 139 Å². The molecular weight excluding hydrogens is 312 g/mol. The van der Waals surface area contributed by atoms with Gasteiger partial charge in [0, 0.05) is 31.5 Å². The highest BCUT2D eigenvalue weighted by molar-refractivity contribution is 7.90. The maximum absolute atomic E-state index is 11.9. The number of aromatic nitrogens is 2. The maximum atomic E-state index is 11.9. The van der Waals surface area contributed by atoms with Crippen molar-refractivity contribution in [1.29, 1.82) is 0 Å². The second-order valence-electron chi connectivity index (χ2n) is 7.49. The molecule has 1 fully saturated rings. The van der Waals surface area contributed by atoms with Crippen molar-refractivity contribution in [2.75, 3.05) is 18.0 Å². The summed E-state index contributed by atoms with van der Waals surface area (Å²) < 4.78 is 26.7. The van der Waals surface area contributed by atoms with Gasteiger partial charge in [-0.2, -0.15) is 0 Å². The Balaban J connectivity index is 1.94. The quantitative estimate of drug-likeness (QED) is 0.908. The average Bonchev–Trinajstić information content (AvgIpc) is 2.47. The molecule has 1 aliphatic heterocycles. The minimum Gasteiger partial charge on any atom is -0.341 e. The molecule has 0 unspecified atom stereocenters. The lowest BCUT2D eigenvalue weighted by atomic mass is 9.89. The summed E-state index contributed by atoms with van der Waals surface area (Å²) in [5.74, 6) is 0.725. The van der Waals surface area contributed by atoms with Gasteiger partial charge in [0.15, 0.2) is 0 Å². The summed E-state index contributed by atoms with van der Waals surface area (Å²) in [4.78, 5) is 11.1. The lowest BCUT2D eigenvalue weighted by Crippen LogP contribution is -2.46. The minimum absolute atomic E-state index is 0.00694. The Morgan fingerprint density at radius 2 is 1.70 bits per heavy atom. The lowest BCUT2D eigenvalue weighted by molar-refractivity contribution is 0.454. The van der Waals surface area contributed by atoms with Gasteiger partial charge in [-0.05, 0) is 37.7 Å². The van der Waals surface area contributed by atoms with Gasteiger partial charge in [-0.15, -0.1) is 0 Å². The van der Waals surface area contributed by atoms with Crippen LogP contribution in [0.4, 0.5) is 5.95 Å². The Morgan fingerprint density at radius 3 is 2.13 bits per heavy atom. The fourth-order valence-electron chi connectivity index (χ4n) is 2.44. The van der Waals surface area contributed by atoms with Gasteiger partial charge in [0.25, 0.3) is 0 Å². The van der Waals surface area contributed by atoms with Crippen LogP contribution in [0.1, 0.15) is 53.0 Å². The Kier molecular flexibility index (Phi) is 5.30. The molecule has 7 heteroatoms. The molecule has 0 saturated carbocycles. The average molecular weight is 340 g/mol. The molecule has 1 aromatic heterocycles. The molecule has 0 bridgehead atoms. The molecular formula is C16H28N4O2S. The predicted molar refractivity (Wildman–Crippen MR) is 93.2 cm³/mol. The number of hydrogen-bond acceptors (Lipinski definition) is 5. The van der Waals surface area contributed by atoms with Gasteiger partial charge in [0.1, 0.15) is 0 Å². The number of anilines is 1. The van der Waals surface area contributed by atoms with Gasteiger partial charge in [-0.25, -0.2) is 23.1 Å². The summed E-state index contributed by atoms with van der Waals surface area (Å²) in [7, 11) is -3.20. The van der Waals surface area contributed by atoms with E-state index in [1.165, 1.54) is 0 Å². The van der Waals surface area contributed by atoms with Crippen molar-refractivity contribution in [3.63, 3.8) is 0 Å². The fraction of sp³-hybridized carbons (Fsp3) is 0.750. The van der Waals surface area contributed by atoms with Crippen LogP contribution in [-0.2, 0) is 15.4 Å². The summed E-state index contributed by atoms with van der Waals surface area (Å²) in [5.41, 5.74) is 1.15. The first-order valence-electron chi connectivity index (χ1n) is 8.18. The van der Waals surface area contributed by atoms with E-state index in [-0.39, 0.29) is 11.5 Å². The van der Waals surface area contributed by atoms with Crippen LogP contribution in [0.25, 0.3) is 0 Å². The Morgan fingerprint density at radius 1 is 1.17 bits per heavy atom. The molecule has 0 atom stereocenters. The number of rotatable bonds is 4. The monoisotopic (exact) mass is 340 g/mol. The highest BCUT2D eigenvalue weighted by Gasteiger charge is 2.26. The van der Waals surface area contributed by atoms with Crippen LogP contribution in [0.2, 0.25) is 0 Å². The van der Waals surface area contributed by atoms with E-state index in [2.05, 4.69) is 40.4 Å². The topological polar surface area (TPSA) is 75.2 Å². The molecule has 130 valence electrons. The zero-order valence-corrected chi connectivity index (χ0v) is 15.5. The number of piperidine rings is 1. The largest absolute Gasteiger partial charge is 0.341 e. The van der Waals surface area contributed by atoms with Crippen molar-refractivity contribution in [1.82, 2.24) is 14.7 Å². The van der Waals surface area contributed by atoms with Gasteiger partial charge in [-0.1, -0.05) is 20.8 Å². The normalized spacial score (nSPS) is 17.7. The van der Waals surface area contributed by atoms with E-state index in [4.69, 9.17) is 0 Å². The van der Waals surface area contributed by atoms with E-state index in [0.717, 1.165) is 37.4 Å². The minimum atomic E-state index is -3.20. The Hall–Kier alpha value is -1.21. The summed E-state index contributed by atoms with van der Waals surface area (Å²) in [6.07, 6.45) is 5.32. The molecule has 0 spiro atoms. The highest BCUT2D eigenvalue weighted by atomic mass is 32.2. The Bertz CT molecular complexity index is 612. The van der Waals surface area contributed by atoms with E-state index in [1.54, 1.807) is 13.8 Å². The van der Waals surface area contributed by atoms with Crippen molar-refractivity contribution >= 4 is 16.0 Å². The lowest BCUT2D eigenvalue weighted by Gasteiger charge is -2.32. The highest BCUT2D eigenvalue weighted by Crippen LogP contribution is 2.22. The summed E-state index contributed by atoms with van der Waals surface area (Å²) in [5, 5.41) is -0.395. The van der Waals surface area contributed by atoms with Crippen molar-refractivity contribution in [2.24, 2.45) is 0 Å². The molecule has 6 nitrogen and oxygen atoms in total. The van der Waals surface area contributed by atoms with Gasteiger partial charge >= 0.3 is 0 Å². The van der Waals surface area contributed by atoms with E-state index in [9.17, 15) is 8.42 Å². The number of hydrogen-bond donors (Lipinski definition) is 1. The van der Waals surface area contributed by atoms with E-state index >= 15 is 0 Å². The molecule has 0 aliphatic carbocycles. The van der Waals surface area contributed by atoms with Crippen LogP contribution in [-0.4, -0.2) is 42.8 Å². The number of sulfonamides is 1. The van der Waals surface area contributed by atoms with Gasteiger partial charge in [0.2, 0.25) is 16.0 Å². The zero-order valence-electron chi connectivity index (χ0n) is 14.7. The van der Waals surface area contributed by atoms with Crippen molar-refractivity contribution < 1.29 is 8.42 Å². The van der Waals surface area contributed by atoms with Crippen LogP contribution in [0.5, 0.6) is 0 Å². The first-order valence-corrected chi connectivity index (χ1v) is 9.73. The van der Waals surface area contributed by atoms with E-state index in [1.807, 2.05) is 12.4 Å². The molecule has 0 amide bonds. The zero-order chi connectivity index (χ0) is 17.3. The summed E-state index contributed by atoms with van der Waals surface area (Å²) in [6, 6.07) is 0.00694. The summed E-state index contributed by atoms with van der Waals surface area (Å²) in [6.45, 7) is 11.3. The molecule has 1 aromatic rings. The second kappa shape index (κ2) is 6.73. The summed E-state index contributed by atoms with van der Waals surface area (Å²) >= 11 is 0. The molecule has 1 N–H and O–H groups in total. The van der Waals surface area contributed by atoms with E-state index in [0.29, 0.717) is 0 Å². The SMILES string of the molecule is CC(C)S(=O)(=O)NC1CCN(c2ncc(C(C)(C)C)cn2)CC1. The molecule has 2 heterocycles. The van der Waals surface area contributed by atoms with Crippen LogP contribution in [0, 0.1) is 0 Å². The third-order valence-corrected chi connectivity index (χ3v) is 6.14. The van der Waals surface area contributed by atoms with E-state index < -0.39 is 15.3 Å². The fourth-order valence-corrected chi connectivity index (χ4v) is 3.41. The molecule has 1 saturated heterocycles. The van der Waals surface area contributed by atoms with Crippen LogP contribution in [0.3, 0.4) is 0 Å². The number of nitrogens with zero attached hydrogens (tertiary/aromatic N) is 3. The van der Waals surface area contributed by atoms with Gasteiger partial charge in [-0.3, -0.25) is 0 Å². The predicted octanol–water partition coefficient (Wildman–Crippen LogP) is 2.07. The van der Waals surface area contributed by atoms with Crippen molar-refractivity contribution in [2.45, 2.75) is 64.2 Å². The van der Waals surface area contributed by atoms with Gasteiger partial charge in [0.05, 0.1) is 5.25 Å². The smallest absolute Gasteiger partial charge is 0.225 e. The molecule has 0 aromatic carbocycles. The molecule has 2 rings (SSSR count). The first-order chi connectivity index (χ1) is 10.6.